The average Bonchev–Trinajstić information content (AvgIpc) is 2.42. The molecule has 0 aromatic heterocycles. The molecule has 0 aliphatic heterocycles. The molecule has 0 bridgehead atoms. The molecule has 0 amide bonds. The van der Waals surface area contributed by atoms with Crippen molar-refractivity contribution in [2.75, 3.05) is 0 Å². The van der Waals surface area contributed by atoms with Gasteiger partial charge in [-0.3, -0.25) is 0 Å². The Bertz CT molecular complexity index is 566. The summed E-state index contributed by atoms with van der Waals surface area (Å²) >= 11 is 0. The van der Waals surface area contributed by atoms with Crippen LogP contribution in [-0.4, -0.2) is 0 Å². The molecule has 1 atom stereocenters. The van der Waals surface area contributed by atoms with Gasteiger partial charge in [0.1, 0.15) is 0 Å². The molecule has 1 unspecified atom stereocenters. The number of rotatable bonds is 4. The van der Waals surface area contributed by atoms with Crippen LogP contribution in [0.3, 0.4) is 0 Å². The van der Waals surface area contributed by atoms with Gasteiger partial charge < -0.3 is 5.73 Å². The molecule has 0 aliphatic rings. The molecule has 0 radical (unpaired) electrons. The van der Waals surface area contributed by atoms with Crippen LogP contribution in [0.5, 0.6) is 0 Å². The van der Waals surface area contributed by atoms with Crippen LogP contribution < -0.4 is 5.73 Å². The zero-order valence-corrected chi connectivity index (χ0v) is 10.9. The fraction of sp³-hybridized carbons (Fsp3) is 0.250. The zero-order valence-electron chi connectivity index (χ0n) is 10.9. The molecule has 3 heteroatoms. The molecule has 2 aromatic carbocycles. The number of halogens is 2. The van der Waals surface area contributed by atoms with Crippen molar-refractivity contribution in [3.05, 3.63) is 70.8 Å². The summed E-state index contributed by atoms with van der Waals surface area (Å²) in [6.07, 6.45) is 2.04. The Balaban J connectivity index is 2.29. The van der Waals surface area contributed by atoms with Gasteiger partial charge in [0.15, 0.2) is 11.6 Å². The van der Waals surface area contributed by atoms with Gasteiger partial charge in [0.05, 0.1) is 6.04 Å². The van der Waals surface area contributed by atoms with Crippen LogP contribution in [0.25, 0.3) is 0 Å². The summed E-state index contributed by atoms with van der Waals surface area (Å²) in [5.74, 6) is -1.71. The monoisotopic (exact) mass is 261 g/mol. The number of hydrogen-bond acceptors (Lipinski definition) is 1. The van der Waals surface area contributed by atoms with E-state index in [0.717, 1.165) is 30.5 Å². The third-order valence-electron chi connectivity index (χ3n) is 3.15. The molecule has 1 nitrogen and oxygen atoms in total. The summed E-state index contributed by atoms with van der Waals surface area (Å²) in [4.78, 5) is 0. The summed E-state index contributed by atoms with van der Waals surface area (Å²) in [5, 5.41) is 0. The summed E-state index contributed by atoms with van der Waals surface area (Å²) in [7, 11) is 0. The summed E-state index contributed by atoms with van der Waals surface area (Å²) in [6, 6.07) is 11.3. The molecule has 2 aromatic rings. The van der Waals surface area contributed by atoms with Gasteiger partial charge in [0.25, 0.3) is 0 Å². The van der Waals surface area contributed by atoms with Crippen LogP contribution in [-0.2, 0) is 6.42 Å². The van der Waals surface area contributed by atoms with Gasteiger partial charge in [-0.2, -0.15) is 0 Å². The van der Waals surface area contributed by atoms with Crippen LogP contribution in [0.4, 0.5) is 8.78 Å². The minimum absolute atomic E-state index is 0.438. The van der Waals surface area contributed by atoms with Crippen molar-refractivity contribution in [2.45, 2.75) is 25.8 Å². The highest BCUT2D eigenvalue weighted by molar-refractivity contribution is 5.34. The standard InChI is InChI=1S/C16H17F2N/c1-2-4-11-5-3-6-12(9-11)16(19)13-7-8-14(17)15(18)10-13/h3,5-10,16H,2,4,19H2,1H3. The fourth-order valence-corrected chi connectivity index (χ4v) is 2.13. The van der Waals surface area contributed by atoms with E-state index in [1.54, 1.807) is 0 Å². The number of aryl methyl sites for hydroxylation is 1. The third-order valence-corrected chi connectivity index (χ3v) is 3.15. The lowest BCUT2D eigenvalue weighted by molar-refractivity contribution is 0.506. The second kappa shape index (κ2) is 5.93. The van der Waals surface area contributed by atoms with E-state index in [9.17, 15) is 8.78 Å². The maximum atomic E-state index is 13.2. The largest absolute Gasteiger partial charge is 0.320 e. The topological polar surface area (TPSA) is 26.0 Å². The molecule has 100 valence electrons. The van der Waals surface area contributed by atoms with E-state index >= 15 is 0 Å². The van der Waals surface area contributed by atoms with Crippen molar-refractivity contribution in [3.8, 4) is 0 Å². The predicted octanol–water partition coefficient (Wildman–Crippen LogP) is 3.97. The molecular formula is C16H17F2N. The summed E-state index contributed by atoms with van der Waals surface area (Å²) < 4.78 is 26.1. The smallest absolute Gasteiger partial charge is 0.159 e. The molecule has 0 heterocycles. The van der Waals surface area contributed by atoms with Crippen molar-refractivity contribution in [1.82, 2.24) is 0 Å². The van der Waals surface area contributed by atoms with E-state index in [1.807, 2.05) is 24.3 Å². The van der Waals surface area contributed by atoms with Gasteiger partial charge in [-0.15, -0.1) is 0 Å². The highest BCUT2D eigenvalue weighted by Gasteiger charge is 2.12. The molecule has 2 rings (SSSR count). The van der Waals surface area contributed by atoms with Crippen molar-refractivity contribution in [1.29, 1.82) is 0 Å². The molecule has 0 aliphatic carbocycles. The van der Waals surface area contributed by atoms with E-state index in [4.69, 9.17) is 5.73 Å². The molecule has 2 N–H and O–H groups in total. The molecule has 0 fully saturated rings. The Morgan fingerprint density at radius 3 is 2.42 bits per heavy atom. The normalized spacial score (nSPS) is 12.4. The van der Waals surface area contributed by atoms with E-state index in [1.165, 1.54) is 11.6 Å². The Labute approximate surface area is 112 Å². The Kier molecular flexibility index (Phi) is 4.27. The van der Waals surface area contributed by atoms with E-state index < -0.39 is 17.7 Å². The fourth-order valence-electron chi connectivity index (χ4n) is 2.13. The first-order valence-corrected chi connectivity index (χ1v) is 6.41. The lowest BCUT2D eigenvalue weighted by Gasteiger charge is -2.14. The highest BCUT2D eigenvalue weighted by Crippen LogP contribution is 2.22. The van der Waals surface area contributed by atoms with Crippen molar-refractivity contribution >= 4 is 0 Å². The summed E-state index contributed by atoms with van der Waals surface area (Å²) in [5.41, 5.74) is 8.81. The van der Waals surface area contributed by atoms with Crippen molar-refractivity contribution in [2.24, 2.45) is 5.73 Å². The first kappa shape index (κ1) is 13.7. The van der Waals surface area contributed by atoms with Crippen molar-refractivity contribution in [3.63, 3.8) is 0 Å². The van der Waals surface area contributed by atoms with E-state index in [0.29, 0.717) is 5.56 Å². The van der Waals surface area contributed by atoms with Crippen molar-refractivity contribution < 1.29 is 8.78 Å². The molecule has 0 saturated heterocycles. The predicted molar refractivity (Wildman–Crippen MR) is 72.8 cm³/mol. The van der Waals surface area contributed by atoms with Gasteiger partial charge in [-0.1, -0.05) is 43.7 Å². The number of nitrogens with two attached hydrogens (primary N) is 1. The van der Waals surface area contributed by atoms with Gasteiger partial charge in [0, 0.05) is 0 Å². The minimum Gasteiger partial charge on any atom is -0.320 e. The van der Waals surface area contributed by atoms with Crippen LogP contribution >= 0.6 is 0 Å². The molecular weight excluding hydrogens is 244 g/mol. The SMILES string of the molecule is CCCc1cccc(C(N)c2ccc(F)c(F)c2)c1. The maximum absolute atomic E-state index is 13.2. The van der Waals surface area contributed by atoms with Gasteiger partial charge in [-0.05, 0) is 35.2 Å². The zero-order chi connectivity index (χ0) is 13.8. The van der Waals surface area contributed by atoms with E-state index in [-0.39, 0.29) is 0 Å². The van der Waals surface area contributed by atoms with Crippen LogP contribution in [0.2, 0.25) is 0 Å². The van der Waals surface area contributed by atoms with Crippen LogP contribution in [0, 0.1) is 11.6 Å². The molecule has 0 saturated carbocycles. The molecule has 19 heavy (non-hydrogen) atoms. The third kappa shape index (κ3) is 3.18. The quantitative estimate of drug-likeness (QED) is 0.885. The first-order valence-electron chi connectivity index (χ1n) is 6.41. The molecule has 0 spiro atoms. The Hall–Kier alpha value is -1.74. The number of benzene rings is 2. The number of hydrogen-bond donors (Lipinski definition) is 1. The van der Waals surface area contributed by atoms with Gasteiger partial charge in [0.2, 0.25) is 0 Å². The lowest BCUT2D eigenvalue weighted by Crippen LogP contribution is -2.12. The van der Waals surface area contributed by atoms with E-state index in [2.05, 4.69) is 6.92 Å². The second-order valence-electron chi connectivity index (χ2n) is 4.65. The first-order chi connectivity index (χ1) is 9.11. The van der Waals surface area contributed by atoms with Gasteiger partial charge in [-0.25, -0.2) is 8.78 Å². The lowest BCUT2D eigenvalue weighted by atomic mass is 9.97. The second-order valence-corrected chi connectivity index (χ2v) is 4.65. The highest BCUT2D eigenvalue weighted by atomic mass is 19.2. The summed E-state index contributed by atoms with van der Waals surface area (Å²) in [6.45, 7) is 2.11. The maximum Gasteiger partial charge on any atom is 0.159 e. The van der Waals surface area contributed by atoms with Crippen LogP contribution in [0.1, 0.15) is 36.1 Å². The minimum atomic E-state index is -0.863. The Morgan fingerprint density at radius 2 is 1.74 bits per heavy atom. The average molecular weight is 261 g/mol. The van der Waals surface area contributed by atoms with Gasteiger partial charge >= 0.3 is 0 Å². The van der Waals surface area contributed by atoms with Crippen LogP contribution in [0.15, 0.2) is 42.5 Å². The Morgan fingerprint density at radius 1 is 1.00 bits per heavy atom.